The summed E-state index contributed by atoms with van der Waals surface area (Å²) in [6.07, 6.45) is 1.92. The van der Waals surface area contributed by atoms with Crippen LogP contribution in [0.3, 0.4) is 0 Å². The second-order valence-electron chi connectivity index (χ2n) is 13.3. The lowest BCUT2D eigenvalue weighted by atomic mass is 10.1. The predicted molar refractivity (Wildman–Crippen MR) is 229 cm³/mol. The van der Waals surface area contributed by atoms with Crippen LogP contribution in [0.2, 0.25) is 0 Å². The molecule has 0 amide bonds. The highest BCUT2D eigenvalue weighted by Gasteiger charge is 2.29. The molecule has 32 heteroatoms. The highest BCUT2D eigenvalue weighted by atomic mass is 32.2. The first kappa shape index (κ1) is 48.9. The van der Waals surface area contributed by atoms with Gasteiger partial charge < -0.3 is 21.7 Å². The summed E-state index contributed by atoms with van der Waals surface area (Å²) in [5, 5.41) is 33.3. The van der Waals surface area contributed by atoms with E-state index in [-0.39, 0.29) is 34.6 Å². The maximum Gasteiger partial charge on any atom is 0.296 e. The second-order valence-corrected chi connectivity index (χ2v) is 21.6. The van der Waals surface area contributed by atoms with Gasteiger partial charge in [0.25, 0.3) is 60.7 Å². The number of hydrogen-bond acceptors (Lipinski definition) is 20. The van der Waals surface area contributed by atoms with Crippen LogP contribution in [0.5, 0.6) is 11.5 Å². The lowest BCUT2D eigenvalue weighted by molar-refractivity contribution is 0.476. The van der Waals surface area contributed by atoms with E-state index in [0.29, 0.717) is 0 Å². The van der Waals surface area contributed by atoms with Gasteiger partial charge in [0.2, 0.25) is 0 Å². The third-order valence-corrected chi connectivity index (χ3v) is 14.4. The molecule has 348 valence electrons. The van der Waals surface area contributed by atoms with Gasteiger partial charge in [0.05, 0.1) is 44.9 Å². The summed E-state index contributed by atoms with van der Waals surface area (Å²) in [6.45, 7) is 0. The molecule has 0 aliphatic rings. The van der Waals surface area contributed by atoms with Crippen LogP contribution in [0, 0.1) is 0 Å². The fraction of sp³-hybridized carbons (Fsp3) is 0. The highest BCUT2D eigenvalue weighted by molar-refractivity contribution is 7.87. The maximum absolute atomic E-state index is 12.5. The van der Waals surface area contributed by atoms with Crippen LogP contribution in [0.4, 0.5) is 34.1 Å². The number of hydrogen-bond donors (Lipinski definition) is 10. The molecule has 0 aliphatic carbocycles. The average molecular weight is 1030 g/mol. The van der Waals surface area contributed by atoms with Crippen molar-refractivity contribution in [2.24, 2.45) is 20.5 Å². The van der Waals surface area contributed by atoms with Crippen LogP contribution in [0.15, 0.2) is 123 Å². The fourth-order valence-electron chi connectivity index (χ4n) is 6.29. The third-order valence-electron chi connectivity index (χ3n) is 9.06. The Labute approximate surface area is 371 Å². The van der Waals surface area contributed by atoms with E-state index in [1.165, 1.54) is 0 Å². The van der Waals surface area contributed by atoms with Crippen LogP contribution in [-0.2, 0) is 60.7 Å². The summed E-state index contributed by atoms with van der Waals surface area (Å²) in [5.74, 6) is -1.66. The lowest BCUT2D eigenvalue weighted by Crippen LogP contribution is -2.08. The molecule has 0 saturated heterocycles. The Hall–Kier alpha value is -6.56. The van der Waals surface area contributed by atoms with Crippen molar-refractivity contribution in [2.75, 3.05) is 11.5 Å². The number of aromatic hydroxyl groups is 2. The van der Waals surface area contributed by atoms with Crippen molar-refractivity contribution >= 4 is 129 Å². The molecule has 0 atom stereocenters. The zero-order valence-electron chi connectivity index (χ0n) is 32.0. The maximum atomic E-state index is 12.5. The van der Waals surface area contributed by atoms with Crippen molar-refractivity contribution in [3.8, 4) is 11.5 Å². The predicted octanol–water partition coefficient (Wildman–Crippen LogP) is 5.05. The molecule has 0 spiro atoms. The molecule has 0 aromatic heterocycles. The van der Waals surface area contributed by atoms with E-state index in [0.717, 1.165) is 72.8 Å². The second kappa shape index (κ2) is 16.7. The van der Waals surface area contributed by atoms with Crippen molar-refractivity contribution in [1.29, 1.82) is 0 Å². The van der Waals surface area contributed by atoms with Gasteiger partial charge in [-0.25, -0.2) is 0 Å². The molecule has 0 fully saturated rings. The van der Waals surface area contributed by atoms with Crippen molar-refractivity contribution < 1.29 is 88.0 Å². The molecule has 6 aromatic carbocycles. The number of phenolic OH excluding ortho intramolecular Hbond substituents is 2. The minimum absolute atomic E-state index is 0.290. The Kier molecular flexibility index (Phi) is 12.4. The summed E-state index contributed by atoms with van der Waals surface area (Å²) >= 11 is 0. The molecule has 0 unspecified atom stereocenters. The van der Waals surface area contributed by atoms with Gasteiger partial charge in [0.1, 0.15) is 40.9 Å². The zero-order valence-corrected chi connectivity index (χ0v) is 36.9. The van der Waals surface area contributed by atoms with Gasteiger partial charge in [-0.15, -0.1) is 10.2 Å². The third kappa shape index (κ3) is 9.83. The summed E-state index contributed by atoms with van der Waals surface area (Å²) < 4.78 is 206. The van der Waals surface area contributed by atoms with Crippen LogP contribution < -0.4 is 11.5 Å². The molecule has 26 nitrogen and oxygen atoms in total. The van der Waals surface area contributed by atoms with E-state index in [2.05, 4.69) is 20.5 Å². The summed E-state index contributed by atoms with van der Waals surface area (Å²) in [5.41, 5.74) is 7.45. The van der Waals surface area contributed by atoms with E-state index in [1.54, 1.807) is 0 Å². The first-order valence-corrected chi connectivity index (χ1v) is 25.6. The molecule has 0 bridgehead atoms. The topological polar surface area (TPSA) is 468 Å². The van der Waals surface area contributed by atoms with Gasteiger partial charge in [-0.05, 0) is 71.8 Å². The minimum atomic E-state index is -5.35. The lowest BCUT2D eigenvalue weighted by Gasteiger charge is -2.13. The summed E-state index contributed by atoms with van der Waals surface area (Å²) in [4.78, 5) is -6.58. The number of rotatable bonds is 12. The van der Waals surface area contributed by atoms with Gasteiger partial charge in [-0.2, -0.15) is 60.7 Å². The van der Waals surface area contributed by atoms with Crippen LogP contribution in [0.25, 0.3) is 33.7 Å². The Morgan fingerprint density at radius 2 is 0.667 bits per heavy atom. The van der Waals surface area contributed by atoms with Gasteiger partial charge >= 0.3 is 0 Å². The van der Waals surface area contributed by atoms with E-state index >= 15 is 0 Å². The van der Waals surface area contributed by atoms with Crippen molar-refractivity contribution in [1.82, 2.24) is 0 Å². The molecule has 66 heavy (non-hydrogen) atoms. The zero-order chi connectivity index (χ0) is 49.3. The average Bonchev–Trinajstić information content (AvgIpc) is 3.17. The number of nitrogen functional groups attached to an aromatic ring is 2. The number of benzene rings is 6. The normalized spacial score (nSPS) is 13.5. The van der Waals surface area contributed by atoms with Gasteiger partial charge in [-0.3, -0.25) is 27.3 Å². The van der Waals surface area contributed by atoms with Crippen LogP contribution >= 0.6 is 0 Å². The number of nitrogens with zero attached hydrogens (tertiary/aromatic N) is 4. The quantitative estimate of drug-likeness (QED) is 0.0332. The Bertz CT molecular complexity index is 3660. The van der Waals surface area contributed by atoms with E-state index in [9.17, 15) is 88.0 Å². The molecule has 0 heterocycles. The standard InChI is InChI=1S/C34H26N6O20S6/c35-33-27(65(55,56)57)13-25(63(49,50)51)29-19(7-9-21(41)31(29)33)39-37-17-5-3-15(23(11-17)61(43,44)45)1-2-16-4-6-18(12-24(16)62(46,47)48)38-40-20-8-10-22(42)32-30(20)26(64(52,53)54)14-28(34(32)36)66(58,59)60/h1-14,41-42H,35-36H2,(H,43,44,45)(H,46,47,48)(H,49,50,51)(H,52,53,54)(H,55,56,57)(H,58,59,60). The molecule has 12 N–H and O–H groups in total. The molecular formula is C34H26N6O20S6. The molecule has 0 radical (unpaired) electrons. The summed E-state index contributed by atoms with van der Waals surface area (Å²) in [6, 6.07) is 9.88. The summed E-state index contributed by atoms with van der Waals surface area (Å²) in [7, 11) is -31.5. The number of azo groups is 2. The Balaban J connectivity index is 1.41. The number of fused-ring (bicyclic) bond motifs is 2. The molecule has 0 aliphatic heterocycles. The first-order chi connectivity index (χ1) is 30.2. The first-order valence-electron chi connectivity index (χ1n) is 17.0. The van der Waals surface area contributed by atoms with Gasteiger partial charge in [0.15, 0.2) is 0 Å². The largest absolute Gasteiger partial charge is 0.507 e. The number of phenols is 2. The van der Waals surface area contributed by atoms with Gasteiger partial charge in [-0.1, -0.05) is 24.3 Å². The minimum Gasteiger partial charge on any atom is -0.507 e. The van der Waals surface area contributed by atoms with Crippen LogP contribution in [0.1, 0.15) is 11.1 Å². The molecular weight excluding hydrogens is 1000 g/mol. The smallest absolute Gasteiger partial charge is 0.296 e. The van der Waals surface area contributed by atoms with Crippen molar-refractivity contribution in [2.45, 2.75) is 29.4 Å². The van der Waals surface area contributed by atoms with E-state index in [1.807, 2.05) is 0 Å². The number of anilines is 2. The van der Waals surface area contributed by atoms with Crippen molar-refractivity contribution in [3.05, 3.63) is 83.9 Å². The van der Waals surface area contributed by atoms with Gasteiger partial charge in [0, 0.05) is 10.8 Å². The molecule has 6 aromatic rings. The van der Waals surface area contributed by atoms with E-state index in [4.69, 9.17) is 11.5 Å². The SMILES string of the molecule is Nc1c(S(=O)(=O)O)cc(S(=O)(=O)O)c2c(N=Nc3ccc(C=Cc4ccc(N=Nc5ccc(O)c6c(N)c(S(=O)(=O)O)cc(S(=O)(=O)O)c56)cc4S(=O)(=O)O)c(S(=O)(=O)O)c3)ccc(O)c12. The van der Waals surface area contributed by atoms with Crippen LogP contribution in [-0.4, -0.2) is 88.0 Å². The monoisotopic (exact) mass is 1030 g/mol. The number of nitrogens with two attached hydrogens (primary N) is 2. The van der Waals surface area contributed by atoms with E-state index < -0.39 is 146 Å². The van der Waals surface area contributed by atoms with Crippen molar-refractivity contribution in [3.63, 3.8) is 0 Å². The molecule has 6 rings (SSSR count). The Morgan fingerprint density at radius 1 is 0.364 bits per heavy atom. The highest BCUT2D eigenvalue weighted by Crippen LogP contribution is 2.45. The Morgan fingerprint density at radius 3 is 0.955 bits per heavy atom. The fourth-order valence-corrected chi connectivity index (χ4v) is 10.6. The molecule has 0 saturated carbocycles.